The first kappa shape index (κ1) is 13.4. The molecule has 3 N–H and O–H groups in total. The fourth-order valence-electron chi connectivity index (χ4n) is 2.41. The van der Waals surface area contributed by atoms with Crippen LogP contribution in [0.4, 0.5) is 5.69 Å². The Morgan fingerprint density at radius 1 is 1.53 bits per heavy atom. The number of nitrogens with two attached hydrogens (primary N) is 1. The van der Waals surface area contributed by atoms with Crippen molar-refractivity contribution in [3.63, 3.8) is 0 Å². The topological polar surface area (TPSA) is 81.1 Å². The molecule has 0 aliphatic heterocycles. The van der Waals surface area contributed by atoms with E-state index in [0.717, 1.165) is 23.3 Å². The Labute approximate surface area is 112 Å². The second-order valence-electron chi connectivity index (χ2n) is 4.81. The maximum absolute atomic E-state index is 10.7. The van der Waals surface area contributed by atoms with Crippen LogP contribution in [0, 0.1) is 0 Å². The highest BCUT2D eigenvalue weighted by Crippen LogP contribution is 2.27. The number of hydrogen-bond donors (Lipinski definition) is 2. The third kappa shape index (κ3) is 2.70. The molecule has 1 aromatic heterocycles. The van der Waals surface area contributed by atoms with Gasteiger partial charge in [0.1, 0.15) is 5.82 Å². The third-order valence-electron chi connectivity index (χ3n) is 3.50. The van der Waals surface area contributed by atoms with Crippen LogP contribution in [0.5, 0.6) is 0 Å². The van der Waals surface area contributed by atoms with Gasteiger partial charge in [0.15, 0.2) is 0 Å². The minimum Gasteiger partial charge on any atom is -0.481 e. The number of rotatable bonds is 5. The molecule has 1 unspecified atom stereocenters. The lowest BCUT2D eigenvalue weighted by Gasteiger charge is -2.13. The molecule has 19 heavy (non-hydrogen) atoms. The summed E-state index contributed by atoms with van der Waals surface area (Å²) < 4.78 is 2.03. The summed E-state index contributed by atoms with van der Waals surface area (Å²) in [7, 11) is 1.96. The standard InChI is InChI=1S/C14H19N3O2/c1-3-9(4-7-13(18)19)14-16-11-8-10(15)5-6-12(11)17(14)2/h5-6,8-9H,3-4,7,15H2,1-2H3,(H,18,19). The van der Waals surface area contributed by atoms with Gasteiger partial charge in [-0.2, -0.15) is 0 Å². The molecule has 0 aliphatic carbocycles. The largest absolute Gasteiger partial charge is 0.481 e. The van der Waals surface area contributed by atoms with Crippen LogP contribution in [0.25, 0.3) is 11.0 Å². The number of carbonyl (C=O) groups is 1. The van der Waals surface area contributed by atoms with Gasteiger partial charge in [-0.25, -0.2) is 4.98 Å². The summed E-state index contributed by atoms with van der Waals surface area (Å²) >= 11 is 0. The molecule has 0 spiro atoms. The van der Waals surface area contributed by atoms with Crippen molar-refractivity contribution in [3.8, 4) is 0 Å². The molecule has 1 atom stereocenters. The maximum atomic E-state index is 10.7. The lowest BCUT2D eigenvalue weighted by molar-refractivity contribution is -0.137. The molecule has 1 heterocycles. The number of nitrogens with zero attached hydrogens (tertiary/aromatic N) is 2. The second kappa shape index (κ2) is 5.30. The number of aryl methyl sites for hydroxylation is 1. The van der Waals surface area contributed by atoms with Gasteiger partial charge < -0.3 is 15.4 Å². The van der Waals surface area contributed by atoms with Crippen LogP contribution in [-0.2, 0) is 11.8 Å². The lowest BCUT2D eigenvalue weighted by atomic mass is 9.99. The first-order valence-corrected chi connectivity index (χ1v) is 6.46. The first-order valence-electron chi connectivity index (χ1n) is 6.46. The number of aliphatic carboxylic acids is 1. The Kier molecular flexibility index (Phi) is 3.74. The van der Waals surface area contributed by atoms with Crippen molar-refractivity contribution < 1.29 is 9.90 Å². The molecule has 5 nitrogen and oxygen atoms in total. The van der Waals surface area contributed by atoms with E-state index in [1.54, 1.807) is 0 Å². The van der Waals surface area contributed by atoms with Crippen LogP contribution in [0.3, 0.4) is 0 Å². The number of fused-ring (bicyclic) bond motifs is 1. The highest BCUT2D eigenvalue weighted by atomic mass is 16.4. The van der Waals surface area contributed by atoms with Gasteiger partial charge in [0.25, 0.3) is 0 Å². The Balaban J connectivity index is 2.37. The van der Waals surface area contributed by atoms with E-state index in [2.05, 4.69) is 11.9 Å². The van der Waals surface area contributed by atoms with Crippen molar-refractivity contribution in [2.45, 2.75) is 32.1 Å². The molecule has 0 saturated heterocycles. The van der Waals surface area contributed by atoms with Gasteiger partial charge in [0, 0.05) is 25.1 Å². The molecule has 2 aromatic rings. The van der Waals surface area contributed by atoms with Crippen molar-refractivity contribution in [1.82, 2.24) is 9.55 Å². The molecule has 5 heteroatoms. The van der Waals surface area contributed by atoms with Gasteiger partial charge in [-0.3, -0.25) is 4.79 Å². The van der Waals surface area contributed by atoms with E-state index in [4.69, 9.17) is 10.8 Å². The summed E-state index contributed by atoms with van der Waals surface area (Å²) in [4.78, 5) is 15.3. The van der Waals surface area contributed by atoms with Crippen molar-refractivity contribution in [2.75, 3.05) is 5.73 Å². The summed E-state index contributed by atoms with van der Waals surface area (Å²) in [6.45, 7) is 2.06. The van der Waals surface area contributed by atoms with Gasteiger partial charge in [0.05, 0.1) is 11.0 Å². The molecular weight excluding hydrogens is 242 g/mol. The monoisotopic (exact) mass is 261 g/mol. The smallest absolute Gasteiger partial charge is 0.303 e. The Morgan fingerprint density at radius 3 is 2.89 bits per heavy atom. The number of aromatic nitrogens is 2. The van der Waals surface area contributed by atoms with E-state index in [1.165, 1.54) is 0 Å². The summed E-state index contributed by atoms with van der Waals surface area (Å²) in [6.07, 6.45) is 1.66. The average Bonchev–Trinajstić information content (AvgIpc) is 2.67. The van der Waals surface area contributed by atoms with E-state index in [-0.39, 0.29) is 12.3 Å². The molecule has 102 valence electrons. The van der Waals surface area contributed by atoms with Gasteiger partial charge in [-0.05, 0) is 31.0 Å². The van der Waals surface area contributed by atoms with Crippen molar-refractivity contribution >= 4 is 22.7 Å². The summed E-state index contributed by atoms with van der Waals surface area (Å²) in [5, 5.41) is 8.81. The van der Waals surface area contributed by atoms with Gasteiger partial charge in [0.2, 0.25) is 0 Å². The van der Waals surface area contributed by atoms with Crippen molar-refractivity contribution in [3.05, 3.63) is 24.0 Å². The number of nitrogen functional groups attached to an aromatic ring is 1. The average molecular weight is 261 g/mol. The Hall–Kier alpha value is -2.04. The zero-order chi connectivity index (χ0) is 14.0. The van der Waals surface area contributed by atoms with Crippen LogP contribution < -0.4 is 5.73 Å². The van der Waals surface area contributed by atoms with E-state index in [1.807, 2.05) is 29.8 Å². The van der Waals surface area contributed by atoms with Crippen molar-refractivity contribution in [2.24, 2.45) is 7.05 Å². The van der Waals surface area contributed by atoms with E-state index in [0.29, 0.717) is 12.1 Å². The van der Waals surface area contributed by atoms with E-state index in [9.17, 15) is 4.79 Å². The van der Waals surface area contributed by atoms with E-state index >= 15 is 0 Å². The van der Waals surface area contributed by atoms with Gasteiger partial charge in [-0.1, -0.05) is 6.92 Å². The number of benzene rings is 1. The zero-order valence-electron chi connectivity index (χ0n) is 11.3. The number of carboxylic acid groups (broad SMARTS) is 1. The molecule has 0 radical (unpaired) electrons. The molecule has 0 bridgehead atoms. The molecule has 2 rings (SSSR count). The number of anilines is 1. The normalized spacial score (nSPS) is 12.7. The minimum atomic E-state index is -0.763. The van der Waals surface area contributed by atoms with Crippen LogP contribution in [0.2, 0.25) is 0 Å². The summed E-state index contributed by atoms with van der Waals surface area (Å²) in [5.74, 6) is 0.334. The highest BCUT2D eigenvalue weighted by molar-refractivity contribution is 5.79. The summed E-state index contributed by atoms with van der Waals surface area (Å²) in [5.41, 5.74) is 8.35. The van der Waals surface area contributed by atoms with Crippen LogP contribution >= 0.6 is 0 Å². The van der Waals surface area contributed by atoms with E-state index < -0.39 is 5.97 Å². The Morgan fingerprint density at radius 2 is 2.26 bits per heavy atom. The molecule has 0 amide bonds. The molecule has 0 fully saturated rings. The van der Waals surface area contributed by atoms with Crippen molar-refractivity contribution in [1.29, 1.82) is 0 Å². The molecule has 0 saturated carbocycles. The number of hydrogen-bond acceptors (Lipinski definition) is 3. The Bertz CT molecular complexity index is 604. The lowest BCUT2D eigenvalue weighted by Crippen LogP contribution is -2.08. The fourth-order valence-corrected chi connectivity index (χ4v) is 2.41. The second-order valence-corrected chi connectivity index (χ2v) is 4.81. The maximum Gasteiger partial charge on any atom is 0.303 e. The zero-order valence-corrected chi connectivity index (χ0v) is 11.3. The van der Waals surface area contributed by atoms with Crippen LogP contribution in [0.15, 0.2) is 18.2 Å². The highest BCUT2D eigenvalue weighted by Gasteiger charge is 2.18. The van der Waals surface area contributed by atoms with Crippen LogP contribution in [-0.4, -0.2) is 20.6 Å². The molecule has 0 aliphatic rings. The predicted molar refractivity (Wildman–Crippen MR) is 75.0 cm³/mol. The minimum absolute atomic E-state index is 0.162. The quantitative estimate of drug-likeness (QED) is 0.810. The molecular formula is C14H19N3O2. The molecule has 1 aromatic carbocycles. The van der Waals surface area contributed by atoms with Crippen LogP contribution in [0.1, 0.15) is 37.9 Å². The van der Waals surface area contributed by atoms with Gasteiger partial charge >= 0.3 is 5.97 Å². The third-order valence-corrected chi connectivity index (χ3v) is 3.50. The van der Waals surface area contributed by atoms with Gasteiger partial charge in [-0.15, -0.1) is 0 Å². The predicted octanol–water partition coefficient (Wildman–Crippen LogP) is 2.51. The number of carboxylic acids is 1. The SMILES string of the molecule is CCC(CCC(=O)O)c1nc2cc(N)ccc2n1C. The fraction of sp³-hybridized carbons (Fsp3) is 0.429. The number of imidazole rings is 1. The summed E-state index contributed by atoms with van der Waals surface area (Å²) in [6, 6.07) is 5.65. The first-order chi connectivity index (χ1) is 9.02.